The van der Waals surface area contributed by atoms with Gasteiger partial charge < -0.3 is 10.4 Å². The average Bonchev–Trinajstić information content (AvgIpc) is 2.59. The van der Waals surface area contributed by atoms with Gasteiger partial charge in [-0.1, -0.05) is 60.7 Å². The van der Waals surface area contributed by atoms with E-state index in [2.05, 4.69) is 5.32 Å². The van der Waals surface area contributed by atoms with E-state index in [9.17, 15) is 9.90 Å². The zero-order valence-corrected chi connectivity index (χ0v) is 13.5. The van der Waals surface area contributed by atoms with Crippen molar-refractivity contribution in [3.63, 3.8) is 0 Å². The van der Waals surface area contributed by atoms with E-state index in [0.29, 0.717) is 19.5 Å². The lowest BCUT2D eigenvalue weighted by Gasteiger charge is -2.27. The van der Waals surface area contributed by atoms with Gasteiger partial charge in [-0.05, 0) is 24.6 Å². The molecule has 0 aliphatic rings. The van der Waals surface area contributed by atoms with E-state index in [1.54, 1.807) is 0 Å². The minimum atomic E-state index is -0.0183. The van der Waals surface area contributed by atoms with Crippen LogP contribution in [0.15, 0.2) is 60.7 Å². The third-order valence-corrected chi connectivity index (χ3v) is 3.84. The molecule has 0 fully saturated rings. The van der Waals surface area contributed by atoms with Crippen molar-refractivity contribution in [3.05, 3.63) is 71.8 Å². The van der Waals surface area contributed by atoms with Crippen LogP contribution in [0, 0.1) is 0 Å². The minimum absolute atomic E-state index is 0.0183. The molecule has 0 aromatic heterocycles. The standard InChI is InChI=1S/C19H24N2O2/c1-21(18(12-13-22)17-10-6-3-7-11-17)15-19(23)20-14-16-8-4-2-5-9-16/h2-11,18,22H,12-15H2,1H3,(H,20,23). The van der Waals surface area contributed by atoms with E-state index in [-0.39, 0.29) is 18.6 Å². The highest BCUT2D eigenvalue weighted by Gasteiger charge is 2.18. The summed E-state index contributed by atoms with van der Waals surface area (Å²) in [4.78, 5) is 14.1. The van der Waals surface area contributed by atoms with Gasteiger partial charge in [0.2, 0.25) is 5.91 Å². The smallest absolute Gasteiger partial charge is 0.234 e. The number of nitrogens with zero attached hydrogens (tertiary/aromatic N) is 1. The van der Waals surface area contributed by atoms with E-state index >= 15 is 0 Å². The molecule has 0 spiro atoms. The molecule has 23 heavy (non-hydrogen) atoms. The first kappa shape index (κ1) is 17.2. The molecule has 0 aliphatic heterocycles. The molecule has 0 heterocycles. The maximum Gasteiger partial charge on any atom is 0.234 e. The fourth-order valence-corrected chi connectivity index (χ4v) is 2.63. The van der Waals surface area contributed by atoms with Crippen molar-refractivity contribution in [3.8, 4) is 0 Å². The fraction of sp³-hybridized carbons (Fsp3) is 0.316. The summed E-state index contributed by atoms with van der Waals surface area (Å²) in [6.07, 6.45) is 0.604. The summed E-state index contributed by atoms with van der Waals surface area (Å²) >= 11 is 0. The van der Waals surface area contributed by atoms with Gasteiger partial charge in [-0.25, -0.2) is 0 Å². The lowest BCUT2D eigenvalue weighted by molar-refractivity contribution is -0.122. The van der Waals surface area contributed by atoms with Gasteiger partial charge in [0.15, 0.2) is 0 Å². The van der Waals surface area contributed by atoms with E-state index < -0.39 is 0 Å². The van der Waals surface area contributed by atoms with Crippen molar-refractivity contribution in [1.82, 2.24) is 10.2 Å². The fourth-order valence-electron chi connectivity index (χ4n) is 2.63. The van der Waals surface area contributed by atoms with Gasteiger partial charge in [0.05, 0.1) is 6.54 Å². The Morgan fingerprint density at radius 1 is 1.09 bits per heavy atom. The van der Waals surface area contributed by atoms with Crippen LogP contribution in [0.4, 0.5) is 0 Å². The van der Waals surface area contributed by atoms with Gasteiger partial charge in [0.1, 0.15) is 0 Å². The molecule has 0 saturated carbocycles. The molecule has 0 bridgehead atoms. The Hall–Kier alpha value is -2.17. The molecule has 4 heteroatoms. The quantitative estimate of drug-likeness (QED) is 0.787. The summed E-state index contributed by atoms with van der Waals surface area (Å²) in [7, 11) is 1.91. The van der Waals surface area contributed by atoms with Crippen molar-refractivity contribution >= 4 is 5.91 Å². The Labute approximate surface area is 137 Å². The molecule has 1 atom stereocenters. The molecule has 1 unspecified atom stereocenters. The van der Waals surface area contributed by atoms with Crippen LogP contribution in [0.25, 0.3) is 0 Å². The highest BCUT2D eigenvalue weighted by atomic mass is 16.3. The second-order valence-electron chi connectivity index (χ2n) is 5.62. The zero-order chi connectivity index (χ0) is 16.5. The monoisotopic (exact) mass is 312 g/mol. The van der Waals surface area contributed by atoms with Crippen LogP contribution in [0.5, 0.6) is 0 Å². The van der Waals surface area contributed by atoms with Gasteiger partial charge in [0, 0.05) is 19.2 Å². The third kappa shape index (κ3) is 5.51. The van der Waals surface area contributed by atoms with Gasteiger partial charge >= 0.3 is 0 Å². The molecule has 0 aliphatic carbocycles. The molecule has 1 amide bonds. The maximum atomic E-state index is 12.2. The largest absolute Gasteiger partial charge is 0.396 e. The second-order valence-corrected chi connectivity index (χ2v) is 5.62. The number of likely N-dealkylation sites (N-methyl/N-ethyl adjacent to an activating group) is 1. The molecular formula is C19H24N2O2. The topological polar surface area (TPSA) is 52.6 Å². The Kier molecular flexibility index (Phi) is 6.78. The minimum Gasteiger partial charge on any atom is -0.396 e. The van der Waals surface area contributed by atoms with Crippen molar-refractivity contribution in [2.75, 3.05) is 20.2 Å². The predicted molar refractivity (Wildman–Crippen MR) is 91.8 cm³/mol. The van der Waals surface area contributed by atoms with Crippen molar-refractivity contribution in [2.45, 2.75) is 19.0 Å². The summed E-state index contributed by atoms with van der Waals surface area (Å²) in [5.41, 5.74) is 2.19. The Morgan fingerprint density at radius 2 is 1.70 bits per heavy atom. The number of carbonyl (C=O) groups is 1. The Balaban J connectivity index is 1.90. The number of amides is 1. The summed E-state index contributed by atoms with van der Waals surface area (Å²) in [5.74, 6) is -0.0183. The van der Waals surface area contributed by atoms with Crippen LogP contribution in [0.3, 0.4) is 0 Å². The number of hydrogen-bond acceptors (Lipinski definition) is 3. The summed E-state index contributed by atoms with van der Waals surface area (Å²) in [6.45, 7) is 0.922. The first-order valence-corrected chi connectivity index (χ1v) is 7.87. The first-order valence-electron chi connectivity index (χ1n) is 7.87. The molecule has 122 valence electrons. The van der Waals surface area contributed by atoms with Crippen LogP contribution in [0.1, 0.15) is 23.6 Å². The highest BCUT2D eigenvalue weighted by Crippen LogP contribution is 2.22. The van der Waals surface area contributed by atoms with E-state index in [1.807, 2.05) is 72.6 Å². The van der Waals surface area contributed by atoms with Gasteiger partial charge in [0.25, 0.3) is 0 Å². The molecule has 0 radical (unpaired) electrons. The number of nitrogens with one attached hydrogen (secondary N) is 1. The molecule has 4 nitrogen and oxygen atoms in total. The van der Waals surface area contributed by atoms with Crippen LogP contribution in [-0.2, 0) is 11.3 Å². The summed E-state index contributed by atoms with van der Waals surface area (Å²) in [5, 5.41) is 12.2. The number of aliphatic hydroxyl groups is 1. The molecule has 0 saturated heterocycles. The first-order chi connectivity index (χ1) is 11.2. The van der Waals surface area contributed by atoms with Crippen molar-refractivity contribution < 1.29 is 9.90 Å². The second kappa shape index (κ2) is 9.08. The van der Waals surface area contributed by atoms with E-state index in [4.69, 9.17) is 0 Å². The zero-order valence-electron chi connectivity index (χ0n) is 13.5. The highest BCUT2D eigenvalue weighted by molar-refractivity contribution is 5.78. The number of rotatable bonds is 8. The molecule has 2 aromatic rings. The molecular weight excluding hydrogens is 288 g/mol. The van der Waals surface area contributed by atoms with Gasteiger partial charge in [-0.3, -0.25) is 9.69 Å². The van der Waals surface area contributed by atoms with Crippen LogP contribution in [-0.4, -0.2) is 36.1 Å². The predicted octanol–water partition coefficient (Wildman–Crippen LogP) is 2.36. The molecule has 2 rings (SSSR count). The normalized spacial score (nSPS) is 12.1. The molecule has 2 N–H and O–H groups in total. The average molecular weight is 312 g/mol. The van der Waals surface area contributed by atoms with Gasteiger partial charge in [-0.2, -0.15) is 0 Å². The van der Waals surface area contributed by atoms with Crippen molar-refractivity contribution in [1.29, 1.82) is 0 Å². The summed E-state index contributed by atoms with van der Waals surface area (Å²) in [6, 6.07) is 19.9. The molecule has 2 aromatic carbocycles. The summed E-state index contributed by atoms with van der Waals surface area (Å²) < 4.78 is 0. The van der Waals surface area contributed by atoms with Crippen LogP contribution < -0.4 is 5.32 Å². The Bertz CT molecular complexity index is 587. The lowest BCUT2D eigenvalue weighted by atomic mass is 10.0. The number of aliphatic hydroxyl groups excluding tert-OH is 1. The maximum absolute atomic E-state index is 12.2. The third-order valence-electron chi connectivity index (χ3n) is 3.84. The number of carbonyl (C=O) groups excluding carboxylic acids is 1. The number of hydrogen-bond donors (Lipinski definition) is 2. The van der Waals surface area contributed by atoms with Crippen molar-refractivity contribution in [2.24, 2.45) is 0 Å². The van der Waals surface area contributed by atoms with E-state index in [1.165, 1.54) is 0 Å². The number of benzene rings is 2. The van der Waals surface area contributed by atoms with Crippen LogP contribution in [0.2, 0.25) is 0 Å². The van der Waals surface area contributed by atoms with Crippen LogP contribution >= 0.6 is 0 Å². The van der Waals surface area contributed by atoms with Gasteiger partial charge in [-0.15, -0.1) is 0 Å². The lowest BCUT2D eigenvalue weighted by Crippen LogP contribution is -2.37. The Morgan fingerprint density at radius 3 is 2.30 bits per heavy atom. The SMILES string of the molecule is CN(CC(=O)NCc1ccccc1)C(CCO)c1ccccc1. The van der Waals surface area contributed by atoms with E-state index in [0.717, 1.165) is 11.1 Å².